The van der Waals surface area contributed by atoms with Crippen LogP contribution >= 0.6 is 7.82 Å². The molecule has 0 aromatic rings. The van der Waals surface area contributed by atoms with E-state index in [0.29, 0.717) is 12.8 Å². The van der Waals surface area contributed by atoms with Crippen molar-refractivity contribution in [3.63, 3.8) is 0 Å². The summed E-state index contributed by atoms with van der Waals surface area (Å²) in [5.74, 6) is -0.594. The number of rotatable bonds is 46. The first-order valence-corrected chi connectivity index (χ1v) is 28.9. The maximum absolute atomic E-state index is 13.1. The average molecular weight is 976 g/mol. The molecule has 1 fully saturated rings. The fourth-order valence-corrected chi connectivity index (χ4v) is 9.79. The Bertz CT molecular complexity index is 1240. The zero-order chi connectivity index (χ0) is 49.4. The van der Waals surface area contributed by atoms with Crippen LogP contribution in [-0.2, 0) is 18.4 Å². The summed E-state index contributed by atoms with van der Waals surface area (Å²) in [4.78, 5) is 23.5. The van der Waals surface area contributed by atoms with Gasteiger partial charge in [-0.3, -0.25) is 13.8 Å². The molecular formula is C53H102NO12P. The lowest BCUT2D eigenvalue weighted by Gasteiger charge is -2.41. The molecule has 0 aromatic carbocycles. The normalized spacial score (nSPS) is 22.4. The zero-order valence-corrected chi connectivity index (χ0v) is 43.2. The van der Waals surface area contributed by atoms with E-state index < -0.39 is 75.2 Å². The van der Waals surface area contributed by atoms with Crippen molar-refractivity contribution in [2.45, 2.75) is 300 Å². The van der Waals surface area contributed by atoms with Crippen LogP contribution in [0.4, 0.5) is 0 Å². The lowest BCUT2D eigenvalue weighted by Crippen LogP contribution is -2.64. The van der Waals surface area contributed by atoms with E-state index in [1.807, 2.05) is 0 Å². The molecule has 9 N–H and O–H groups in total. The smallest absolute Gasteiger partial charge is 0.393 e. The maximum Gasteiger partial charge on any atom is 0.472 e. The predicted octanol–water partition coefficient (Wildman–Crippen LogP) is 10.7. The molecule has 0 bridgehead atoms. The molecule has 0 aromatic heterocycles. The topological polar surface area (TPSA) is 226 Å². The van der Waals surface area contributed by atoms with Crippen molar-refractivity contribution in [2.24, 2.45) is 0 Å². The number of phosphoric acid groups is 1. The van der Waals surface area contributed by atoms with Gasteiger partial charge in [0.05, 0.1) is 31.3 Å². The van der Waals surface area contributed by atoms with Gasteiger partial charge in [-0.05, 0) is 44.9 Å². The summed E-state index contributed by atoms with van der Waals surface area (Å²) >= 11 is 0. The minimum Gasteiger partial charge on any atom is -0.393 e. The number of nitrogens with one attached hydrogen (secondary N) is 1. The van der Waals surface area contributed by atoms with Crippen molar-refractivity contribution in [2.75, 3.05) is 6.61 Å². The molecule has 1 aliphatic rings. The molecule has 1 aliphatic carbocycles. The van der Waals surface area contributed by atoms with Gasteiger partial charge >= 0.3 is 7.82 Å². The predicted molar refractivity (Wildman–Crippen MR) is 270 cm³/mol. The van der Waals surface area contributed by atoms with Gasteiger partial charge < -0.3 is 46.0 Å². The van der Waals surface area contributed by atoms with Crippen LogP contribution in [0.15, 0.2) is 24.3 Å². The number of aliphatic hydroxyl groups is 7. The van der Waals surface area contributed by atoms with Crippen LogP contribution in [0.1, 0.15) is 245 Å². The van der Waals surface area contributed by atoms with Gasteiger partial charge in [-0.25, -0.2) is 4.57 Å². The van der Waals surface area contributed by atoms with Gasteiger partial charge in [-0.2, -0.15) is 0 Å². The minimum absolute atomic E-state index is 0.248. The molecule has 0 aliphatic heterocycles. The van der Waals surface area contributed by atoms with Crippen LogP contribution in [0.25, 0.3) is 0 Å². The number of unbranched alkanes of at least 4 members (excludes halogenated alkanes) is 31. The van der Waals surface area contributed by atoms with E-state index in [1.54, 1.807) is 6.08 Å². The van der Waals surface area contributed by atoms with Gasteiger partial charge in [0.25, 0.3) is 0 Å². The second-order valence-electron chi connectivity index (χ2n) is 19.6. The van der Waals surface area contributed by atoms with Crippen LogP contribution in [0, 0.1) is 0 Å². The molecule has 1 amide bonds. The van der Waals surface area contributed by atoms with E-state index in [9.17, 15) is 50.0 Å². The van der Waals surface area contributed by atoms with Crippen molar-refractivity contribution >= 4 is 13.7 Å². The fourth-order valence-electron chi connectivity index (χ4n) is 8.83. The van der Waals surface area contributed by atoms with Gasteiger partial charge in [0.15, 0.2) is 0 Å². The van der Waals surface area contributed by atoms with E-state index in [-0.39, 0.29) is 6.42 Å². The second kappa shape index (κ2) is 42.5. The highest BCUT2D eigenvalue weighted by Crippen LogP contribution is 2.47. The number of hydrogen-bond acceptors (Lipinski definition) is 11. The Hall–Kier alpha value is -1.22. The molecule has 0 radical (unpaired) electrons. The summed E-state index contributed by atoms with van der Waals surface area (Å²) in [5.41, 5.74) is 0. The number of allylic oxidation sites excluding steroid dienone is 3. The Morgan fingerprint density at radius 1 is 0.522 bits per heavy atom. The molecule has 1 saturated carbocycles. The van der Waals surface area contributed by atoms with Gasteiger partial charge in [0, 0.05) is 0 Å². The first kappa shape index (κ1) is 63.8. The summed E-state index contributed by atoms with van der Waals surface area (Å²) in [6, 6.07) is -1.24. The zero-order valence-electron chi connectivity index (χ0n) is 42.3. The highest BCUT2D eigenvalue weighted by atomic mass is 31.2. The molecule has 67 heavy (non-hydrogen) atoms. The number of phosphoric ester groups is 1. The Morgan fingerprint density at radius 2 is 0.866 bits per heavy atom. The number of carbonyl (C=O) groups excluding carboxylic acids is 1. The summed E-state index contributed by atoms with van der Waals surface area (Å²) in [6.45, 7) is 3.78. The Morgan fingerprint density at radius 3 is 1.27 bits per heavy atom. The van der Waals surface area contributed by atoms with Crippen molar-refractivity contribution in [3.8, 4) is 0 Å². The van der Waals surface area contributed by atoms with Crippen LogP contribution in [-0.4, -0.2) is 108 Å². The van der Waals surface area contributed by atoms with Crippen molar-refractivity contribution in [1.29, 1.82) is 0 Å². The van der Waals surface area contributed by atoms with Gasteiger partial charge in [-0.1, -0.05) is 218 Å². The summed E-state index contributed by atoms with van der Waals surface area (Å²) < 4.78 is 23.0. The Balaban J connectivity index is 2.46. The van der Waals surface area contributed by atoms with Gasteiger partial charge in [0.2, 0.25) is 5.91 Å². The summed E-state index contributed by atoms with van der Waals surface area (Å²) in [7, 11) is -5.15. The van der Waals surface area contributed by atoms with E-state index in [0.717, 1.165) is 64.2 Å². The van der Waals surface area contributed by atoms with Crippen LogP contribution in [0.5, 0.6) is 0 Å². The van der Waals surface area contributed by atoms with E-state index in [1.165, 1.54) is 154 Å². The third-order valence-electron chi connectivity index (χ3n) is 13.3. The lowest BCUT2D eigenvalue weighted by atomic mass is 9.85. The van der Waals surface area contributed by atoms with Crippen molar-refractivity contribution in [3.05, 3.63) is 24.3 Å². The molecule has 0 saturated heterocycles. The molecule has 0 spiro atoms. The first-order chi connectivity index (χ1) is 32.3. The minimum atomic E-state index is -5.15. The van der Waals surface area contributed by atoms with Crippen molar-refractivity contribution < 1.29 is 59.0 Å². The van der Waals surface area contributed by atoms with Crippen LogP contribution in [0.3, 0.4) is 0 Å². The highest BCUT2D eigenvalue weighted by molar-refractivity contribution is 7.47. The van der Waals surface area contributed by atoms with Gasteiger partial charge in [-0.15, -0.1) is 0 Å². The standard InChI is InChI=1S/C53H102NO12P/c1-3-5-7-9-11-13-15-17-19-21-23-25-27-29-31-33-35-37-39-41-46(56)45(43-65-67(63,64)66-53-51(61)49(59)48(58)50(60)52(53)62)54-47(57)42-44(55)40-38-36-34-32-30-28-26-24-22-20-18-16-14-12-10-8-6-4-2/h24,26,39,41,44-46,48-53,55-56,58-62H,3-23,25,27-38,40,42-43H2,1-2H3,(H,54,57)(H,63,64)/b26-24-,41-39+. The molecule has 0 heterocycles. The fraction of sp³-hybridized carbons (Fsp3) is 0.906. The van der Waals surface area contributed by atoms with E-state index in [4.69, 9.17) is 9.05 Å². The van der Waals surface area contributed by atoms with Crippen LogP contribution in [0.2, 0.25) is 0 Å². The number of aliphatic hydroxyl groups excluding tert-OH is 7. The van der Waals surface area contributed by atoms with E-state index in [2.05, 4.69) is 31.3 Å². The third-order valence-corrected chi connectivity index (χ3v) is 14.3. The number of amides is 1. The maximum atomic E-state index is 13.1. The molecule has 13 nitrogen and oxygen atoms in total. The lowest BCUT2D eigenvalue weighted by molar-refractivity contribution is -0.220. The molecular weight excluding hydrogens is 874 g/mol. The third kappa shape index (κ3) is 33.9. The molecule has 14 heteroatoms. The summed E-state index contributed by atoms with van der Waals surface area (Å²) in [6.07, 6.45) is 35.4. The number of carbonyl (C=O) groups is 1. The van der Waals surface area contributed by atoms with Gasteiger partial charge in [0.1, 0.15) is 36.6 Å². The molecule has 396 valence electrons. The largest absolute Gasteiger partial charge is 0.472 e. The monoisotopic (exact) mass is 976 g/mol. The van der Waals surface area contributed by atoms with Crippen molar-refractivity contribution in [1.82, 2.24) is 5.32 Å². The Kier molecular flexibility index (Phi) is 40.4. The quantitative estimate of drug-likeness (QED) is 0.0158. The number of hydrogen-bond donors (Lipinski definition) is 9. The SMILES string of the molecule is CCCCCCCCCCC/C=C\CCCCCCCC(O)CC(=O)NC(COP(=O)(O)OC1C(O)C(O)C(O)C(O)C1O)C(O)/C=C/CCCCCCCCCCCCCCCCCCC. The highest BCUT2D eigenvalue weighted by Gasteiger charge is 2.51. The molecule has 8 atom stereocenters. The average Bonchev–Trinajstić information content (AvgIpc) is 3.30. The molecule has 1 rings (SSSR count). The Labute approximate surface area is 407 Å². The van der Waals surface area contributed by atoms with Crippen LogP contribution < -0.4 is 5.32 Å². The first-order valence-electron chi connectivity index (χ1n) is 27.4. The molecule has 8 unspecified atom stereocenters. The second-order valence-corrected chi connectivity index (χ2v) is 21.0. The summed E-state index contributed by atoms with van der Waals surface area (Å²) in [5, 5.41) is 74.8. The van der Waals surface area contributed by atoms with E-state index >= 15 is 0 Å².